The van der Waals surface area contributed by atoms with Gasteiger partial charge >= 0.3 is 5.97 Å². The molecule has 0 saturated carbocycles. The third-order valence-electron chi connectivity index (χ3n) is 2.74. The number of rotatable bonds is 5. The van der Waals surface area contributed by atoms with Gasteiger partial charge in [-0.3, -0.25) is 0 Å². The molecule has 2 rings (SSSR count). The lowest BCUT2D eigenvalue weighted by molar-refractivity contribution is -0.145. The average molecular weight is 349 g/mol. The molecule has 7 heteroatoms. The van der Waals surface area contributed by atoms with Crippen LogP contribution in [0.15, 0.2) is 12.1 Å². The summed E-state index contributed by atoms with van der Waals surface area (Å²) in [6.45, 7) is 3.45. The van der Waals surface area contributed by atoms with Crippen molar-refractivity contribution in [2.45, 2.75) is 20.0 Å². The zero-order chi connectivity index (χ0) is 15.6. The summed E-state index contributed by atoms with van der Waals surface area (Å²) >= 11 is 13.8. The van der Waals surface area contributed by atoms with E-state index in [0.717, 1.165) is 15.0 Å². The van der Waals surface area contributed by atoms with E-state index in [-0.39, 0.29) is 18.2 Å². The summed E-state index contributed by atoms with van der Waals surface area (Å²) in [7, 11) is 0. The smallest absolute Gasteiger partial charge is 0.344 e. The Bertz CT molecular complexity index is 667. The van der Waals surface area contributed by atoms with Crippen molar-refractivity contribution in [3.63, 3.8) is 0 Å². The molecule has 114 valence electrons. The fraction of sp³-hybridized carbons (Fsp3) is 0.357. The van der Waals surface area contributed by atoms with E-state index in [1.807, 2.05) is 6.07 Å². The Kier molecular flexibility index (Phi) is 5.32. The second-order valence-corrected chi connectivity index (χ2v) is 6.18. The highest BCUT2D eigenvalue weighted by Gasteiger charge is 2.16. The van der Waals surface area contributed by atoms with Crippen LogP contribution in [0.2, 0.25) is 10.0 Å². The van der Waals surface area contributed by atoms with E-state index in [0.29, 0.717) is 10.8 Å². The summed E-state index contributed by atoms with van der Waals surface area (Å²) in [5.41, 5.74) is 0. The van der Waals surface area contributed by atoms with Crippen molar-refractivity contribution in [1.82, 2.24) is 0 Å². The second kappa shape index (κ2) is 6.83. The van der Waals surface area contributed by atoms with E-state index in [2.05, 4.69) is 0 Å². The van der Waals surface area contributed by atoms with E-state index in [1.165, 1.54) is 11.3 Å². The summed E-state index contributed by atoms with van der Waals surface area (Å²) < 4.78 is 10.9. The molecule has 0 spiro atoms. The summed E-state index contributed by atoms with van der Waals surface area (Å²) in [6.07, 6.45) is -0.582. The highest BCUT2D eigenvalue weighted by molar-refractivity contribution is 7.19. The molecule has 0 aliphatic rings. The fourth-order valence-corrected chi connectivity index (χ4v) is 3.36. The molecule has 1 N–H and O–H groups in total. The maximum Gasteiger partial charge on any atom is 0.344 e. The van der Waals surface area contributed by atoms with Gasteiger partial charge in [-0.15, -0.1) is 11.3 Å². The fourth-order valence-electron chi connectivity index (χ4n) is 1.77. The van der Waals surface area contributed by atoms with Crippen molar-refractivity contribution in [2.75, 3.05) is 13.2 Å². The third kappa shape index (κ3) is 3.61. The molecule has 1 aromatic carbocycles. The number of hydrogen-bond donors (Lipinski definition) is 1. The quantitative estimate of drug-likeness (QED) is 0.822. The van der Waals surface area contributed by atoms with E-state index in [9.17, 15) is 9.90 Å². The van der Waals surface area contributed by atoms with Gasteiger partial charge in [-0.2, -0.15) is 0 Å². The monoisotopic (exact) mass is 348 g/mol. The number of aliphatic hydroxyl groups is 1. The number of benzene rings is 1. The summed E-state index contributed by atoms with van der Waals surface area (Å²) in [4.78, 5) is 12.1. The van der Waals surface area contributed by atoms with Crippen LogP contribution in [0.1, 0.15) is 24.8 Å². The van der Waals surface area contributed by atoms with Gasteiger partial charge in [-0.1, -0.05) is 23.2 Å². The highest BCUT2D eigenvalue weighted by Crippen LogP contribution is 2.43. The maximum atomic E-state index is 11.3. The lowest BCUT2D eigenvalue weighted by atomic mass is 10.2. The normalized spacial score (nSPS) is 12.4. The van der Waals surface area contributed by atoms with Gasteiger partial charge in [0, 0.05) is 4.88 Å². The highest BCUT2D eigenvalue weighted by atomic mass is 35.5. The molecule has 1 atom stereocenters. The Hall–Kier alpha value is -1.01. The third-order valence-corrected chi connectivity index (χ3v) is 5.04. The van der Waals surface area contributed by atoms with Crippen LogP contribution >= 0.6 is 34.5 Å². The number of carbonyl (C=O) groups excluding carboxylic acids is 1. The van der Waals surface area contributed by atoms with Crippen LogP contribution in [-0.2, 0) is 9.53 Å². The first-order valence-corrected chi connectivity index (χ1v) is 7.89. The standard InChI is InChI=1S/C14H14Cl2O4S/c1-3-19-11(18)6-20-9-4-8-5-10(7(2)17)21-14(8)13(16)12(9)15/h4-5,7,17H,3,6H2,1-2H3. The van der Waals surface area contributed by atoms with Crippen molar-refractivity contribution in [2.24, 2.45) is 0 Å². The van der Waals surface area contributed by atoms with Gasteiger partial charge in [0.25, 0.3) is 0 Å². The van der Waals surface area contributed by atoms with Crippen LogP contribution in [-0.4, -0.2) is 24.3 Å². The van der Waals surface area contributed by atoms with E-state index in [1.54, 1.807) is 19.9 Å². The number of halogens is 2. The Morgan fingerprint density at radius 2 is 2.10 bits per heavy atom. The zero-order valence-electron chi connectivity index (χ0n) is 11.5. The summed E-state index contributed by atoms with van der Waals surface area (Å²) in [5, 5.41) is 11.0. The van der Waals surface area contributed by atoms with Crippen LogP contribution in [0.4, 0.5) is 0 Å². The first-order valence-electron chi connectivity index (χ1n) is 6.32. The minimum Gasteiger partial charge on any atom is -0.480 e. The number of aliphatic hydroxyl groups excluding tert-OH is 1. The van der Waals surface area contributed by atoms with Crippen LogP contribution in [0.3, 0.4) is 0 Å². The Morgan fingerprint density at radius 3 is 2.71 bits per heavy atom. The number of esters is 1. The summed E-state index contributed by atoms with van der Waals surface area (Å²) in [6, 6.07) is 3.52. The molecular weight excluding hydrogens is 335 g/mol. The lowest BCUT2D eigenvalue weighted by Gasteiger charge is -2.09. The van der Waals surface area contributed by atoms with E-state index in [4.69, 9.17) is 32.7 Å². The minimum absolute atomic E-state index is 0.233. The maximum absolute atomic E-state index is 11.3. The number of hydrogen-bond acceptors (Lipinski definition) is 5. The Morgan fingerprint density at radius 1 is 1.38 bits per heavy atom. The van der Waals surface area contributed by atoms with Crippen molar-refractivity contribution < 1.29 is 19.4 Å². The molecule has 1 aromatic heterocycles. The molecule has 0 fully saturated rings. The SMILES string of the molecule is CCOC(=O)COc1cc2cc(C(C)O)sc2c(Cl)c1Cl. The van der Waals surface area contributed by atoms with Crippen molar-refractivity contribution in [3.8, 4) is 5.75 Å². The predicted molar refractivity (Wildman–Crippen MR) is 84.6 cm³/mol. The van der Waals surface area contributed by atoms with Crippen LogP contribution in [0, 0.1) is 0 Å². The van der Waals surface area contributed by atoms with E-state index < -0.39 is 12.1 Å². The molecule has 0 saturated heterocycles. The van der Waals surface area contributed by atoms with Gasteiger partial charge in [0.2, 0.25) is 0 Å². The van der Waals surface area contributed by atoms with Crippen molar-refractivity contribution >= 4 is 50.6 Å². The number of carbonyl (C=O) groups is 1. The lowest BCUT2D eigenvalue weighted by Crippen LogP contribution is -2.14. The number of fused-ring (bicyclic) bond motifs is 1. The Labute approximate surface area is 136 Å². The molecule has 2 aromatic rings. The van der Waals surface area contributed by atoms with Crippen LogP contribution in [0.25, 0.3) is 10.1 Å². The summed E-state index contributed by atoms with van der Waals surface area (Å²) in [5.74, 6) is -0.156. The molecule has 0 aliphatic heterocycles. The van der Waals surface area contributed by atoms with Crippen LogP contribution in [0.5, 0.6) is 5.75 Å². The molecular formula is C14H14Cl2O4S. The predicted octanol–water partition coefficient (Wildman–Crippen LogP) is 4.20. The van der Waals surface area contributed by atoms with Gasteiger partial charge in [0.05, 0.1) is 22.4 Å². The molecule has 0 radical (unpaired) electrons. The molecule has 21 heavy (non-hydrogen) atoms. The zero-order valence-corrected chi connectivity index (χ0v) is 13.8. The van der Waals surface area contributed by atoms with Gasteiger partial charge < -0.3 is 14.6 Å². The van der Waals surface area contributed by atoms with Gasteiger partial charge in [-0.25, -0.2) is 4.79 Å². The molecule has 1 heterocycles. The Balaban J connectivity index is 2.32. The first kappa shape index (κ1) is 16.4. The minimum atomic E-state index is -0.582. The van der Waals surface area contributed by atoms with Crippen molar-refractivity contribution in [3.05, 3.63) is 27.1 Å². The van der Waals surface area contributed by atoms with Gasteiger partial charge in [-0.05, 0) is 31.4 Å². The topological polar surface area (TPSA) is 55.8 Å². The number of thiophene rings is 1. The van der Waals surface area contributed by atoms with Crippen molar-refractivity contribution in [1.29, 1.82) is 0 Å². The molecule has 0 amide bonds. The van der Waals surface area contributed by atoms with Crippen LogP contribution < -0.4 is 4.74 Å². The van der Waals surface area contributed by atoms with E-state index >= 15 is 0 Å². The largest absolute Gasteiger partial charge is 0.480 e. The molecule has 1 unspecified atom stereocenters. The first-order chi connectivity index (χ1) is 9.93. The second-order valence-electron chi connectivity index (χ2n) is 4.34. The van der Waals surface area contributed by atoms with Gasteiger partial charge in [0.15, 0.2) is 6.61 Å². The van der Waals surface area contributed by atoms with Gasteiger partial charge in [0.1, 0.15) is 10.8 Å². The number of ether oxygens (including phenoxy) is 2. The average Bonchev–Trinajstić information content (AvgIpc) is 2.86. The molecule has 0 bridgehead atoms. The molecule has 4 nitrogen and oxygen atoms in total. The molecule has 0 aliphatic carbocycles.